The van der Waals surface area contributed by atoms with Crippen LogP contribution in [0.5, 0.6) is 5.75 Å². The van der Waals surface area contributed by atoms with Crippen molar-refractivity contribution in [3.05, 3.63) is 53.9 Å². The van der Waals surface area contributed by atoms with E-state index in [1.165, 1.54) is 5.56 Å². The fraction of sp³-hybridized carbons (Fsp3) is 0.0909. The average Bonchev–Trinajstić information content (AvgIpc) is 2.29. The Hall–Kier alpha value is -1.74. The molecule has 0 saturated carbocycles. The molecule has 0 radical (unpaired) electrons. The Morgan fingerprint density at radius 1 is 1.21 bits per heavy atom. The number of benzene rings is 1. The highest BCUT2D eigenvalue weighted by Gasteiger charge is 2.24. The van der Waals surface area contributed by atoms with Crippen LogP contribution in [0.3, 0.4) is 0 Å². The predicted octanol–water partition coefficient (Wildman–Crippen LogP) is 1.63. The predicted molar refractivity (Wildman–Crippen MR) is 53.3 cm³/mol. The first-order valence-electron chi connectivity index (χ1n) is 4.58. The van der Waals surface area contributed by atoms with Crippen LogP contribution in [-0.4, -0.2) is 0 Å². The molecule has 2 heterocycles. The third-order valence-electron chi connectivity index (χ3n) is 2.47. The van der Waals surface area contributed by atoms with Gasteiger partial charge in [-0.3, -0.25) is 0 Å². The summed E-state index contributed by atoms with van der Waals surface area (Å²) in [7, 11) is 0. The second-order valence-corrected chi connectivity index (χ2v) is 3.33. The minimum atomic E-state index is 0.199. The number of para-hydroxylation sites is 1. The smallest absolute Gasteiger partial charge is 0.131 e. The first-order valence-corrected chi connectivity index (χ1v) is 4.58. The molecule has 1 unspecified atom stereocenters. The fourth-order valence-electron chi connectivity index (χ4n) is 1.77. The highest BCUT2D eigenvalue weighted by molar-refractivity contribution is 5.46. The maximum absolute atomic E-state index is 5.51. The maximum Gasteiger partial charge on any atom is 0.131 e. The SMILES string of the molecule is C1=CC2=COc3ccccc3C2NN1. The Labute approximate surface area is 82.0 Å². The van der Waals surface area contributed by atoms with E-state index in [0.29, 0.717) is 0 Å². The third-order valence-corrected chi connectivity index (χ3v) is 2.47. The summed E-state index contributed by atoms with van der Waals surface area (Å²) in [5.41, 5.74) is 8.50. The van der Waals surface area contributed by atoms with Crippen molar-refractivity contribution < 1.29 is 4.74 Å². The molecule has 0 saturated heterocycles. The van der Waals surface area contributed by atoms with E-state index in [9.17, 15) is 0 Å². The molecule has 70 valence electrons. The number of hydrogen-bond acceptors (Lipinski definition) is 3. The number of ether oxygens (including phenoxy) is 1. The molecule has 1 atom stereocenters. The van der Waals surface area contributed by atoms with Crippen LogP contribution in [0.15, 0.2) is 48.4 Å². The van der Waals surface area contributed by atoms with E-state index in [1.54, 1.807) is 6.26 Å². The van der Waals surface area contributed by atoms with E-state index in [2.05, 4.69) is 16.9 Å². The van der Waals surface area contributed by atoms with Gasteiger partial charge in [-0.1, -0.05) is 18.2 Å². The van der Waals surface area contributed by atoms with Gasteiger partial charge in [0.2, 0.25) is 0 Å². The Bertz CT molecular complexity index is 423. The molecule has 0 spiro atoms. The molecule has 2 N–H and O–H groups in total. The lowest BCUT2D eigenvalue weighted by molar-refractivity contribution is 0.414. The molecule has 2 aliphatic heterocycles. The molecular weight excluding hydrogens is 176 g/mol. The molecule has 0 amide bonds. The van der Waals surface area contributed by atoms with Gasteiger partial charge in [0.25, 0.3) is 0 Å². The number of fused-ring (bicyclic) bond motifs is 3. The van der Waals surface area contributed by atoms with Gasteiger partial charge in [0.1, 0.15) is 5.75 Å². The fourth-order valence-corrected chi connectivity index (χ4v) is 1.77. The molecule has 0 aliphatic carbocycles. The topological polar surface area (TPSA) is 33.3 Å². The molecule has 3 nitrogen and oxygen atoms in total. The van der Waals surface area contributed by atoms with Crippen molar-refractivity contribution in [2.75, 3.05) is 0 Å². The van der Waals surface area contributed by atoms with Crippen LogP contribution < -0.4 is 15.6 Å². The van der Waals surface area contributed by atoms with Crippen LogP contribution in [0.25, 0.3) is 0 Å². The zero-order valence-corrected chi connectivity index (χ0v) is 7.53. The van der Waals surface area contributed by atoms with Gasteiger partial charge >= 0.3 is 0 Å². The van der Waals surface area contributed by atoms with Gasteiger partial charge in [0.15, 0.2) is 0 Å². The van der Waals surface area contributed by atoms with Crippen LogP contribution in [0.1, 0.15) is 11.6 Å². The summed E-state index contributed by atoms with van der Waals surface area (Å²) in [6, 6.07) is 8.24. The Balaban J connectivity index is 2.11. The van der Waals surface area contributed by atoms with Crippen molar-refractivity contribution in [3.63, 3.8) is 0 Å². The normalized spacial score (nSPS) is 22.6. The molecule has 1 aromatic rings. The Morgan fingerprint density at radius 2 is 2.14 bits per heavy atom. The maximum atomic E-state index is 5.51. The van der Waals surface area contributed by atoms with Gasteiger partial charge in [-0.05, 0) is 12.1 Å². The molecule has 0 bridgehead atoms. The molecule has 0 fully saturated rings. The Kier molecular flexibility index (Phi) is 1.58. The molecule has 0 aromatic heterocycles. The lowest BCUT2D eigenvalue weighted by Crippen LogP contribution is -2.36. The monoisotopic (exact) mass is 186 g/mol. The minimum Gasteiger partial charge on any atom is -0.464 e. The van der Waals surface area contributed by atoms with Gasteiger partial charge in [0, 0.05) is 17.3 Å². The van der Waals surface area contributed by atoms with Crippen LogP contribution >= 0.6 is 0 Å². The van der Waals surface area contributed by atoms with E-state index >= 15 is 0 Å². The van der Waals surface area contributed by atoms with Crippen LogP contribution in [0.2, 0.25) is 0 Å². The first kappa shape index (κ1) is 7.64. The largest absolute Gasteiger partial charge is 0.464 e. The Morgan fingerprint density at radius 3 is 3.14 bits per heavy atom. The van der Waals surface area contributed by atoms with E-state index in [-0.39, 0.29) is 6.04 Å². The van der Waals surface area contributed by atoms with Crippen molar-refractivity contribution in [1.29, 1.82) is 0 Å². The van der Waals surface area contributed by atoms with Crippen LogP contribution in [0, 0.1) is 0 Å². The molecule has 2 aliphatic rings. The zero-order valence-electron chi connectivity index (χ0n) is 7.53. The lowest BCUT2D eigenvalue weighted by Gasteiger charge is -2.28. The summed E-state index contributed by atoms with van der Waals surface area (Å²) in [6.07, 6.45) is 5.66. The number of hydrogen-bond donors (Lipinski definition) is 2. The number of hydrazine groups is 1. The summed E-state index contributed by atoms with van der Waals surface area (Å²) in [4.78, 5) is 0. The van der Waals surface area contributed by atoms with Crippen LogP contribution in [0.4, 0.5) is 0 Å². The average molecular weight is 186 g/mol. The van der Waals surface area contributed by atoms with Crippen molar-refractivity contribution in [2.45, 2.75) is 6.04 Å². The first-order chi connectivity index (χ1) is 6.95. The van der Waals surface area contributed by atoms with Crippen molar-refractivity contribution >= 4 is 0 Å². The minimum absolute atomic E-state index is 0.199. The van der Waals surface area contributed by atoms with Gasteiger partial charge in [-0.2, -0.15) is 0 Å². The number of nitrogens with one attached hydrogen (secondary N) is 2. The van der Waals surface area contributed by atoms with Gasteiger partial charge in [-0.15, -0.1) is 0 Å². The quantitative estimate of drug-likeness (QED) is 0.646. The second-order valence-electron chi connectivity index (χ2n) is 3.33. The highest BCUT2D eigenvalue weighted by Crippen LogP contribution is 2.35. The standard InChI is InChI=1S/C11H10N2O/c1-2-4-10-9(3-1)11-8(7-14-10)5-6-12-13-11/h1-7,11-13H. The van der Waals surface area contributed by atoms with Crippen LogP contribution in [-0.2, 0) is 0 Å². The van der Waals surface area contributed by atoms with Crippen molar-refractivity contribution in [1.82, 2.24) is 10.9 Å². The number of rotatable bonds is 0. The van der Waals surface area contributed by atoms with Gasteiger partial charge < -0.3 is 10.2 Å². The van der Waals surface area contributed by atoms with E-state index in [0.717, 1.165) is 11.3 Å². The van der Waals surface area contributed by atoms with E-state index in [1.807, 2.05) is 30.5 Å². The van der Waals surface area contributed by atoms with Crippen molar-refractivity contribution in [2.24, 2.45) is 0 Å². The zero-order chi connectivity index (χ0) is 9.38. The molecule has 3 heteroatoms. The van der Waals surface area contributed by atoms with E-state index in [4.69, 9.17) is 4.74 Å². The molecule has 14 heavy (non-hydrogen) atoms. The highest BCUT2D eigenvalue weighted by atomic mass is 16.5. The molecule has 3 rings (SSSR count). The second kappa shape index (κ2) is 2.89. The lowest BCUT2D eigenvalue weighted by atomic mass is 9.97. The summed E-state index contributed by atoms with van der Waals surface area (Å²) >= 11 is 0. The summed E-state index contributed by atoms with van der Waals surface area (Å²) in [5.74, 6) is 0.922. The molecule has 1 aromatic carbocycles. The third kappa shape index (κ3) is 1.03. The van der Waals surface area contributed by atoms with Gasteiger partial charge in [-0.25, -0.2) is 5.43 Å². The van der Waals surface area contributed by atoms with Gasteiger partial charge in [0.05, 0.1) is 12.3 Å². The summed E-state index contributed by atoms with van der Waals surface area (Å²) in [5, 5.41) is 0. The van der Waals surface area contributed by atoms with E-state index < -0.39 is 0 Å². The van der Waals surface area contributed by atoms with Crippen molar-refractivity contribution in [3.8, 4) is 5.75 Å². The summed E-state index contributed by atoms with van der Waals surface area (Å²) < 4.78 is 5.51. The summed E-state index contributed by atoms with van der Waals surface area (Å²) in [6.45, 7) is 0. The molecular formula is C11H10N2O.